The normalized spacial score (nSPS) is 20.3. The number of halogens is 5. The molecule has 1 N–H and O–H groups in total. The van der Waals surface area contributed by atoms with Crippen molar-refractivity contribution in [2.24, 2.45) is 0 Å². The largest absolute Gasteiger partial charge is 0.416 e. The Kier molecular flexibility index (Phi) is 4.99. The highest BCUT2D eigenvalue weighted by Crippen LogP contribution is 2.33. The molecule has 0 aromatic heterocycles. The van der Waals surface area contributed by atoms with Crippen molar-refractivity contribution in [3.8, 4) is 0 Å². The van der Waals surface area contributed by atoms with Crippen LogP contribution in [0.1, 0.15) is 36.4 Å². The summed E-state index contributed by atoms with van der Waals surface area (Å²) in [7, 11) is 0. The summed E-state index contributed by atoms with van der Waals surface area (Å²) >= 11 is 0. The molecule has 1 nitrogen and oxygen atoms in total. The van der Waals surface area contributed by atoms with Crippen molar-refractivity contribution in [3.63, 3.8) is 0 Å². The van der Waals surface area contributed by atoms with Crippen molar-refractivity contribution in [2.75, 3.05) is 6.54 Å². The first kappa shape index (κ1) is 15.2. The Morgan fingerprint density at radius 3 is 2.44 bits per heavy atom. The maximum Gasteiger partial charge on any atom is 0.416 e. The third kappa shape index (κ3) is 3.36. The van der Waals surface area contributed by atoms with E-state index in [-0.39, 0.29) is 24.0 Å². The second-order valence-electron chi connectivity index (χ2n) is 4.24. The fourth-order valence-corrected chi connectivity index (χ4v) is 2.10. The first-order valence-corrected chi connectivity index (χ1v) is 5.58. The molecule has 1 fully saturated rings. The number of nitrogens with one attached hydrogen (secondary N) is 1. The Balaban J connectivity index is 0.00000162. The van der Waals surface area contributed by atoms with E-state index in [4.69, 9.17) is 0 Å². The van der Waals surface area contributed by atoms with Crippen LogP contribution in [0.15, 0.2) is 18.2 Å². The minimum Gasteiger partial charge on any atom is -0.310 e. The van der Waals surface area contributed by atoms with Gasteiger partial charge in [-0.25, -0.2) is 4.39 Å². The van der Waals surface area contributed by atoms with E-state index in [0.29, 0.717) is 6.42 Å². The average Bonchev–Trinajstić information content (AvgIpc) is 2.29. The van der Waals surface area contributed by atoms with Crippen LogP contribution in [0.5, 0.6) is 0 Å². The van der Waals surface area contributed by atoms with Crippen molar-refractivity contribution in [1.82, 2.24) is 5.32 Å². The zero-order valence-electron chi connectivity index (χ0n) is 9.56. The molecule has 2 rings (SSSR count). The van der Waals surface area contributed by atoms with Crippen molar-refractivity contribution in [1.29, 1.82) is 0 Å². The highest BCUT2D eigenvalue weighted by Gasteiger charge is 2.32. The van der Waals surface area contributed by atoms with E-state index < -0.39 is 17.6 Å². The molecular formula is C12H14ClF4N. The molecule has 1 saturated heterocycles. The molecule has 102 valence electrons. The molecule has 6 heteroatoms. The highest BCUT2D eigenvalue weighted by molar-refractivity contribution is 5.85. The topological polar surface area (TPSA) is 12.0 Å². The minimum atomic E-state index is -4.42. The molecule has 1 aromatic rings. The van der Waals surface area contributed by atoms with E-state index in [9.17, 15) is 17.6 Å². The van der Waals surface area contributed by atoms with Gasteiger partial charge in [-0.1, -0.05) is 6.42 Å². The molecule has 0 saturated carbocycles. The van der Waals surface area contributed by atoms with Crippen LogP contribution in [0, 0.1) is 5.82 Å². The summed E-state index contributed by atoms with van der Waals surface area (Å²) < 4.78 is 51.1. The predicted molar refractivity (Wildman–Crippen MR) is 63.2 cm³/mol. The van der Waals surface area contributed by atoms with Gasteiger partial charge >= 0.3 is 6.18 Å². The number of benzene rings is 1. The molecule has 1 aliphatic heterocycles. The third-order valence-corrected chi connectivity index (χ3v) is 3.01. The van der Waals surface area contributed by atoms with E-state index in [1.165, 1.54) is 0 Å². The van der Waals surface area contributed by atoms with Crippen molar-refractivity contribution in [3.05, 3.63) is 35.1 Å². The quantitative estimate of drug-likeness (QED) is 0.766. The zero-order chi connectivity index (χ0) is 12.5. The van der Waals surface area contributed by atoms with Gasteiger partial charge in [0, 0.05) is 11.6 Å². The Hall–Kier alpha value is -0.810. The van der Waals surface area contributed by atoms with Crippen LogP contribution in [-0.2, 0) is 6.18 Å². The SMILES string of the molecule is Cl.Fc1ccc(C(F)(F)F)cc1[C@@H]1CCCCN1. The fourth-order valence-electron chi connectivity index (χ4n) is 2.10. The lowest BCUT2D eigenvalue weighted by Crippen LogP contribution is -2.27. The van der Waals surface area contributed by atoms with Gasteiger partial charge in [-0.3, -0.25) is 0 Å². The van der Waals surface area contributed by atoms with E-state index in [2.05, 4.69) is 5.32 Å². The molecule has 1 heterocycles. The first-order chi connectivity index (χ1) is 7.98. The van der Waals surface area contributed by atoms with Crippen molar-refractivity contribution < 1.29 is 17.6 Å². The Morgan fingerprint density at radius 2 is 1.89 bits per heavy atom. The van der Waals surface area contributed by atoms with E-state index in [1.807, 2.05) is 0 Å². The van der Waals surface area contributed by atoms with Gasteiger partial charge in [0.05, 0.1) is 5.56 Å². The summed E-state index contributed by atoms with van der Waals surface area (Å²) in [4.78, 5) is 0. The van der Waals surface area contributed by atoms with Gasteiger partial charge in [-0.15, -0.1) is 12.4 Å². The smallest absolute Gasteiger partial charge is 0.310 e. The molecule has 0 amide bonds. The van der Waals surface area contributed by atoms with Crippen LogP contribution in [0.3, 0.4) is 0 Å². The maximum absolute atomic E-state index is 13.5. The Morgan fingerprint density at radius 1 is 1.17 bits per heavy atom. The molecule has 1 atom stereocenters. The van der Waals surface area contributed by atoms with Crippen LogP contribution in [0.2, 0.25) is 0 Å². The lowest BCUT2D eigenvalue weighted by Gasteiger charge is -2.24. The number of rotatable bonds is 1. The second kappa shape index (κ2) is 5.89. The third-order valence-electron chi connectivity index (χ3n) is 3.01. The van der Waals surface area contributed by atoms with Crippen molar-refractivity contribution >= 4 is 12.4 Å². The number of alkyl halides is 3. The molecular weight excluding hydrogens is 270 g/mol. The molecule has 0 aliphatic carbocycles. The Bertz CT molecular complexity index is 400. The molecule has 1 aliphatic rings. The zero-order valence-corrected chi connectivity index (χ0v) is 10.4. The van der Waals surface area contributed by atoms with E-state index >= 15 is 0 Å². The van der Waals surface area contributed by atoms with Gasteiger partial charge < -0.3 is 5.32 Å². The van der Waals surface area contributed by atoms with Crippen LogP contribution < -0.4 is 5.32 Å². The summed E-state index contributed by atoms with van der Waals surface area (Å²) in [5, 5.41) is 3.05. The summed E-state index contributed by atoms with van der Waals surface area (Å²) in [5.74, 6) is -0.572. The van der Waals surface area contributed by atoms with Crippen LogP contribution in [-0.4, -0.2) is 6.54 Å². The van der Waals surface area contributed by atoms with Crippen LogP contribution >= 0.6 is 12.4 Å². The van der Waals surface area contributed by atoms with Crippen LogP contribution in [0.25, 0.3) is 0 Å². The highest BCUT2D eigenvalue weighted by atomic mass is 35.5. The average molecular weight is 284 g/mol. The molecule has 0 bridgehead atoms. The molecule has 18 heavy (non-hydrogen) atoms. The lowest BCUT2D eigenvalue weighted by molar-refractivity contribution is -0.137. The monoisotopic (exact) mass is 283 g/mol. The van der Waals surface area contributed by atoms with E-state index in [0.717, 1.165) is 37.6 Å². The second-order valence-corrected chi connectivity index (χ2v) is 4.24. The molecule has 0 spiro atoms. The predicted octanol–water partition coefficient (Wildman–Crippen LogP) is 4.08. The fraction of sp³-hybridized carbons (Fsp3) is 0.500. The van der Waals surface area contributed by atoms with Gasteiger partial charge in [0.1, 0.15) is 5.82 Å². The molecule has 0 unspecified atom stereocenters. The van der Waals surface area contributed by atoms with Gasteiger partial charge in [-0.05, 0) is 37.6 Å². The molecule has 0 radical (unpaired) electrons. The maximum atomic E-state index is 13.5. The van der Waals surface area contributed by atoms with E-state index in [1.54, 1.807) is 0 Å². The van der Waals surface area contributed by atoms with Gasteiger partial charge in [-0.2, -0.15) is 13.2 Å². The summed E-state index contributed by atoms with van der Waals surface area (Å²) in [6.45, 7) is 0.723. The van der Waals surface area contributed by atoms with Gasteiger partial charge in [0.2, 0.25) is 0 Å². The standard InChI is InChI=1S/C12H13F4N.ClH/c13-10-5-4-8(12(14,15)16)7-9(10)11-3-1-2-6-17-11;/h4-5,7,11,17H,1-3,6H2;1H/t11-;/m0./s1. The summed E-state index contributed by atoms with van der Waals surface area (Å²) in [5.41, 5.74) is -0.666. The summed E-state index contributed by atoms with van der Waals surface area (Å²) in [6, 6.07) is 2.29. The number of piperidine rings is 1. The first-order valence-electron chi connectivity index (χ1n) is 5.58. The Labute approximate surface area is 109 Å². The molecule has 1 aromatic carbocycles. The summed E-state index contributed by atoms with van der Waals surface area (Å²) in [6.07, 6.45) is -1.85. The number of hydrogen-bond acceptors (Lipinski definition) is 1. The van der Waals surface area contributed by atoms with Crippen molar-refractivity contribution in [2.45, 2.75) is 31.5 Å². The number of hydrogen-bond donors (Lipinski definition) is 1. The van der Waals surface area contributed by atoms with Gasteiger partial charge in [0.15, 0.2) is 0 Å². The van der Waals surface area contributed by atoms with Gasteiger partial charge in [0.25, 0.3) is 0 Å². The van der Waals surface area contributed by atoms with Crippen LogP contribution in [0.4, 0.5) is 17.6 Å². The minimum absolute atomic E-state index is 0. The lowest BCUT2D eigenvalue weighted by atomic mass is 9.95.